The highest BCUT2D eigenvalue weighted by molar-refractivity contribution is 6.12. The highest BCUT2D eigenvalue weighted by Crippen LogP contribution is 2.25. The monoisotopic (exact) mass is 354 g/mol. The molecule has 3 rings (SSSR count). The number of fused-ring (bicyclic) bond motifs is 1. The van der Waals surface area contributed by atoms with Crippen LogP contribution in [0, 0.1) is 12.7 Å². The zero-order valence-electron chi connectivity index (χ0n) is 15.7. The fraction of sp³-hybridized carbons (Fsp3) is 0.350. The van der Waals surface area contributed by atoms with Gasteiger partial charge in [-0.2, -0.15) is 5.10 Å². The van der Waals surface area contributed by atoms with Gasteiger partial charge in [0.15, 0.2) is 5.65 Å². The van der Waals surface area contributed by atoms with Gasteiger partial charge in [0.05, 0.1) is 22.8 Å². The number of nitrogens with one attached hydrogen (secondary N) is 1. The summed E-state index contributed by atoms with van der Waals surface area (Å²) >= 11 is 0. The topological polar surface area (TPSA) is 59.8 Å². The first-order valence-corrected chi connectivity index (χ1v) is 8.73. The first kappa shape index (κ1) is 18.0. The van der Waals surface area contributed by atoms with E-state index >= 15 is 0 Å². The lowest BCUT2D eigenvalue weighted by Crippen LogP contribution is -2.15. The SMILES string of the molecule is Cc1ccc(NC(=O)c2cc(C(C)C)nc3c2cnn3C(C)C)c(F)c1. The van der Waals surface area contributed by atoms with Gasteiger partial charge in [0.2, 0.25) is 0 Å². The molecule has 0 fully saturated rings. The van der Waals surface area contributed by atoms with Crippen LogP contribution in [0.4, 0.5) is 10.1 Å². The quantitative estimate of drug-likeness (QED) is 0.729. The normalized spacial score (nSPS) is 11.5. The van der Waals surface area contributed by atoms with Crippen LogP contribution in [0.15, 0.2) is 30.5 Å². The number of nitrogens with zero attached hydrogens (tertiary/aromatic N) is 3. The summed E-state index contributed by atoms with van der Waals surface area (Å²) in [5.41, 5.74) is 2.88. The molecule has 0 aliphatic heterocycles. The number of rotatable bonds is 4. The van der Waals surface area contributed by atoms with E-state index in [0.717, 1.165) is 11.3 Å². The minimum atomic E-state index is -0.453. The number of amides is 1. The van der Waals surface area contributed by atoms with Gasteiger partial charge in [0.1, 0.15) is 5.82 Å². The van der Waals surface area contributed by atoms with Gasteiger partial charge in [0.25, 0.3) is 5.91 Å². The molecule has 26 heavy (non-hydrogen) atoms. The lowest BCUT2D eigenvalue weighted by atomic mass is 10.0. The van der Waals surface area contributed by atoms with Gasteiger partial charge in [0, 0.05) is 11.7 Å². The van der Waals surface area contributed by atoms with Crippen LogP contribution in [0.25, 0.3) is 11.0 Å². The lowest BCUT2D eigenvalue weighted by molar-refractivity contribution is 0.102. The molecule has 2 heterocycles. The van der Waals surface area contributed by atoms with E-state index in [9.17, 15) is 9.18 Å². The minimum Gasteiger partial charge on any atom is -0.319 e. The second-order valence-corrected chi connectivity index (χ2v) is 7.11. The van der Waals surface area contributed by atoms with E-state index in [1.807, 2.05) is 27.7 Å². The second-order valence-electron chi connectivity index (χ2n) is 7.11. The molecule has 0 unspecified atom stereocenters. The Hall–Kier alpha value is -2.76. The Bertz CT molecular complexity index is 975. The van der Waals surface area contributed by atoms with Gasteiger partial charge in [-0.1, -0.05) is 19.9 Å². The summed E-state index contributed by atoms with van der Waals surface area (Å²) in [7, 11) is 0. The van der Waals surface area contributed by atoms with Crippen LogP contribution in [0.1, 0.15) is 61.3 Å². The Morgan fingerprint density at radius 3 is 2.54 bits per heavy atom. The number of halogens is 1. The van der Waals surface area contributed by atoms with E-state index < -0.39 is 5.82 Å². The lowest BCUT2D eigenvalue weighted by Gasteiger charge is -2.13. The van der Waals surface area contributed by atoms with E-state index in [0.29, 0.717) is 16.6 Å². The molecule has 0 radical (unpaired) electrons. The molecule has 1 N–H and O–H groups in total. The highest BCUT2D eigenvalue weighted by Gasteiger charge is 2.19. The fourth-order valence-corrected chi connectivity index (χ4v) is 2.81. The summed E-state index contributed by atoms with van der Waals surface area (Å²) in [6, 6.07) is 6.61. The van der Waals surface area contributed by atoms with Crippen molar-refractivity contribution in [3.8, 4) is 0 Å². The molecule has 0 spiro atoms. The van der Waals surface area contributed by atoms with Gasteiger partial charge in [-0.25, -0.2) is 14.1 Å². The maximum Gasteiger partial charge on any atom is 0.256 e. The van der Waals surface area contributed by atoms with Crippen molar-refractivity contribution in [3.05, 3.63) is 53.1 Å². The van der Waals surface area contributed by atoms with E-state index in [-0.39, 0.29) is 23.6 Å². The van der Waals surface area contributed by atoms with E-state index in [2.05, 4.69) is 15.4 Å². The molecule has 6 heteroatoms. The maximum atomic E-state index is 14.1. The van der Waals surface area contributed by atoms with Gasteiger partial charge >= 0.3 is 0 Å². The number of pyridine rings is 1. The highest BCUT2D eigenvalue weighted by atomic mass is 19.1. The number of aryl methyl sites for hydroxylation is 1. The molecule has 0 atom stereocenters. The average molecular weight is 354 g/mol. The molecule has 136 valence electrons. The minimum absolute atomic E-state index is 0.118. The first-order valence-electron chi connectivity index (χ1n) is 8.73. The predicted molar refractivity (Wildman–Crippen MR) is 101 cm³/mol. The summed E-state index contributed by atoms with van der Waals surface area (Å²) < 4.78 is 15.9. The van der Waals surface area contributed by atoms with Crippen molar-refractivity contribution in [2.24, 2.45) is 0 Å². The van der Waals surface area contributed by atoms with Gasteiger partial charge in [-0.15, -0.1) is 0 Å². The number of anilines is 1. The zero-order valence-corrected chi connectivity index (χ0v) is 15.7. The number of carbonyl (C=O) groups excluding carboxylic acids is 1. The summed E-state index contributed by atoms with van der Waals surface area (Å²) in [6.45, 7) is 9.86. The molecule has 0 bridgehead atoms. The van der Waals surface area contributed by atoms with Crippen LogP contribution in [-0.2, 0) is 0 Å². The van der Waals surface area contributed by atoms with Crippen molar-refractivity contribution in [3.63, 3.8) is 0 Å². The summed E-state index contributed by atoms with van der Waals surface area (Å²) in [5, 5.41) is 7.71. The molecule has 1 aromatic carbocycles. The van der Waals surface area contributed by atoms with Crippen LogP contribution in [0.2, 0.25) is 0 Å². The molecule has 3 aromatic rings. The van der Waals surface area contributed by atoms with Crippen molar-refractivity contribution < 1.29 is 9.18 Å². The summed E-state index contributed by atoms with van der Waals surface area (Å²) in [6.07, 6.45) is 1.65. The Morgan fingerprint density at radius 1 is 1.19 bits per heavy atom. The van der Waals surface area contributed by atoms with E-state index in [1.165, 1.54) is 6.07 Å². The molecule has 2 aromatic heterocycles. The number of carbonyl (C=O) groups is 1. The molecular formula is C20H23FN4O. The second kappa shape index (κ2) is 6.86. The molecule has 0 saturated carbocycles. The van der Waals surface area contributed by atoms with Gasteiger partial charge < -0.3 is 5.32 Å². The Balaban J connectivity index is 2.09. The number of hydrogen-bond acceptors (Lipinski definition) is 3. The van der Waals surface area contributed by atoms with Crippen LogP contribution in [0.5, 0.6) is 0 Å². The number of aromatic nitrogens is 3. The van der Waals surface area contributed by atoms with Gasteiger partial charge in [-0.05, 0) is 50.5 Å². The van der Waals surface area contributed by atoms with Crippen LogP contribution >= 0.6 is 0 Å². The Labute approximate surface area is 152 Å². The number of hydrogen-bond donors (Lipinski definition) is 1. The molecular weight excluding hydrogens is 331 g/mol. The molecule has 1 amide bonds. The fourth-order valence-electron chi connectivity index (χ4n) is 2.81. The zero-order chi connectivity index (χ0) is 19.0. The van der Waals surface area contributed by atoms with Crippen LogP contribution in [-0.4, -0.2) is 20.7 Å². The Kier molecular flexibility index (Phi) is 4.76. The first-order chi connectivity index (χ1) is 12.3. The summed E-state index contributed by atoms with van der Waals surface area (Å²) in [5.74, 6) is -0.673. The third-order valence-corrected chi connectivity index (χ3v) is 4.28. The third kappa shape index (κ3) is 3.31. The van der Waals surface area contributed by atoms with E-state index in [1.54, 1.807) is 36.0 Å². The predicted octanol–water partition coefficient (Wildman–Crippen LogP) is 4.84. The van der Waals surface area contributed by atoms with Crippen molar-refractivity contribution in [2.45, 2.75) is 46.6 Å². The molecule has 0 aliphatic carbocycles. The third-order valence-electron chi connectivity index (χ3n) is 4.28. The van der Waals surface area contributed by atoms with Crippen LogP contribution < -0.4 is 5.32 Å². The van der Waals surface area contributed by atoms with Crippen molar-refractivity contribution in [1.29, 1.82) is 0 Å². The van der Waals surface area contributed by atoms with Gasteiger partial charge in [-0.3, -0.25) is 4.79 Å². The van der Waals surface area contributed by atoms with Crippen molar-refractivity contribution >= 4 is 22.6 Å². The standard InChI is InChI=1S/C20H23FN4O/c1-11(2)18-9-14(15-10-22-25(12(3)4)19(15)23-18)20(26)24-17-7-6-13(5)8-16(17)21/h6-12H,1-5H3,(H,24,26). The molecule has 5 nitrogen and oxygen atoms in total. The van der Waals surface area contributed by atoms with Crippen molar-refractivity contribution in [1.82, 2.24) is 14.8 Å². The maximum absolute atomic E-state index is 14.1. The average Bonchev–Trinajstić information content (AvgIpc) is 3.00. The van der Waals surface area contributed by atoms with Crippen LogP contribution in [0.3, 0.4) is 0 Å². The van der Waals surface area contributed by atoms with Crippen molar-refractivity contribution in [2.75, 3.05) is 5.32 Å². The largest absolute Gasteiger partial charge is 0.319 e. The van der Waals surface area contributed by atoms with E-state index in [4.69, 9.17) is 0 Å². The molecule has 0 saturated heterocycles. The Morgan fingerprint density at radius 2 is 1.92 bits per heavy atom. The number of benzene rings is 1. The molecule has 0 aliphatic rings. The smallest absolute Gasteiger partial charge is 0.256 e. The summed E-state index contributed by atoms with van der Waals surface area (Å²) in [4.78, 5) is 17.6.